The van der Waals surface area contributed by atoms with Gasteiger partial charge in [0.2, 0.25) is 0 Å². The molecule has 0 aromatic carbocycles. The number of hydrogen-bond acceptors (Lipinski definition) is 16. The highest BCUT2D eigenvalue weighted by molar-refractivity contribution is 7.81. The Morgan fingerprint density at radius 3 is 1.66 bits per heavy atom. The Kier molecular flexibility index (Phi) is 15.6. The van der Waals surface area contributed by atoms with Gasteiger partial charge >= 0.3 is 41.6 Å². The third-order valence-corrected chi connectivity index (χ3v) is 26.2. The van der Waals surface area contributed by atoms with E-state index < -0.39 is 124 Å². The van der Waals surface area contributed by atoms with Crippen LogP contribution < -0.4 is 0 Å². The predicted molar refractivity (Wildman–Crippen MR) is 290 cm³/mol. The summed E-state index contributed by atoms with van der Waals surface area (Å²) < 4.78 is 173. The minimum absolute atomic E-state index is 0.0106. The highest BCUT2D eigenvalue weighted by Crippen LogP contribution is 2.70. The molecule has 24 heteroatoms. The van der Waals surface area contributed by atoms with Crippen molar-refractivity contribution in [1.29, 1.82) is 0 Å². The normalized spacial score (nSPS) is 47.3. The Morgan fingerprint density at radius 1 is 0.637 bits per heavy atom. The number of aliphatic hydroxyl groups excluding tert-OH is 1. The standard InChI is InChI=1S/C56H88O20S4/c1-28(35-13-15-37-33-23-42(72-77(59,60)61)47-30(3)49(57)44(74-79(65,66)67)26-54(47,9)39(33)18-20-52(35,37)7)12-17-46-56(11)25-32(51(5,6)76-56)22-41(71-46)29(2)36-14-16-38-34-24-43(73-78(62,63)64)48-31(4)50(58)45(75-80(68,69)70)27-55(48,10)40(34)19-21-53(36,38)8/h28-32,35-38,41-48,50,58H,12-27H2,1-11H3,(H,59,60,61)(H,62,63,64)(H,65,66,67)(H,68,69,70). The predicted octanol–water partition coefficient (Wildman–Crippen LogP) is 8.83. The highest BCUT2D eigenvalue weighted by Gasteiger charge is 2.66. The second-order valence-corrected chi connectivity index (χ2v) is 32.9. The van der Waals surface area contributed by atoms with E-state index in [0.717, 1.165) is 86.5 Å². The van der Waals surface area contributed by atoms with Gasteiger partial charge in [-0.05, 0) is 193 Å². The molecule has 4 saturated carbocycles. The molecule has 0 aromatic heterocycles. The average Bonchev–Trinajstić information content (AvgIpc) is 3.03. The van der Waals surface area contributed by atoms with Crippen molar-refractivity contribution in [2.75, 3.05) is 0 Å². The van der Waals surface area contributed by atoms with E-state index in [9.17, 15) is 61.8 Å². The Morgan fingerprint density at radius 2 is 1.12 bits per heavy atom. The van der Waals surface area contributed by atoms with Crippen LogP contribution in [-0.2, 0) is 72.6 Å². The van der Waals surface area contributed by atoms with Crippen LogP contribution in [0.15, 0.2) is 22.3 Å². The van der Waals surface area contributed by atoms with Crippen molar-refractivity contribution in [2.45, 2.75) is 233 Å². The number of carbonyl (C=O) groups is 1. The van der Waals surface area contributed by atoms with Crippen LogP contribution in [0.4, 0.5) is 0 Å². The number of Topliss-reactive ketones (excluding diaryl/α,β-unsaturated/α-hetero) is 1. The van der Waals surface area contributed by atoms with Crippen LogP contribution in [-0.4, -0.2) is 117 Å². The fourth-order valence-electron chi connectivity index (χ4n) is 21.1. The van der Waals surface area contributed by atoms with Crippen LogP contribution in [0.1, 0.15) is 179 Å². The molecule has 2 bridgehead atoms. The first-order valence-corrected chi connectivity index (χ1v) is 34.7. The lowest BCUT2D eigenvalue weighted by molar-refractivity contribution is -0.200. The van der Waals surface area contributed by atoms with Gasteiger partial charge < -0.3 is 14.6 Å². The van der Waals surface area contributed by atoms with Gasteiger partial charge in [0.05, 0.1) is 41.7 Å². The summed E-state index contributed by atoms with van der Waals surface area (Å²) in [6.07, 6.45) is 3.40. The van der Waals surface area contributed by atoms with Gasteiger partial charge in [0.15, 0.2) is 5.78 Å². The Balaban J connectivity index is 0.888. The van der Waals surface area contributed by atoms with Crippen LogP contribution in [0.2, 0.25) is 0 Å². The summed E-state index contributed by atoms with van der Waals surface area (Å²) in [4.78, 5) is 13.6. The molecule has 8 aliphatic carbocycles. The van der Waals surface area contributed by atoms with Gasteiger partial charge in [0, 0.05) is 17.8 Å². The van der Waals surface area contributed by atoms with Crippen LogP contribution in [0, 0.1) is 86.8 Å². The maximum Gasteiger partial charge on any atom is 0.398 e. The molecule has 2 aliphatic heterocycles. The molecule has 23 atom stereocenters. The van der Waals surface area contributed by atoms with E-state index >= 15 is 0 Å². The quantitative estimate of drug-likeness (QED) is 0.0801. The van der Waals surface area contributed by atoms with Gasteiger partial charge in [-0.3, -0.25) is 23.0 Å². The van der Waals surface area contributed by atoms with Crippen molar-refractivity contribution < 1.29 is 88.0 Å². The maximum atomic E-state index is 13.6. The third-order valence-electron chi connectivity index (χ3n) is 24.2. The Hall–Kier alpha value is -1.49. The second kappa shape index (κ2) is 20.3. The fraction of sp³-hybridized carbons (Fsp3) is 0.911. The first-order valence-electron chi connectivity index (χ1n) is 29.3. The van der Waals surface area contributed by atoms with Crippen molar-refractivity contribution >= 4 is 47.4 Å². The summed E-state index contributed by atoms with van der Waals surface area (Å²) in [6, 6.07) is 0. The number of aliphatic hydroxyl groups is 1. The van der Waals surface area contributed by atoms with Crippen molar-refractivity contribution in [2.24, 2.45) is 86.8 Å². The van der Waals surface area contributed by atoms with Crippen LogP contribution in [0.5, 0.6) is 0 Å². The largest absolute Gasteiger partial charge is 0.398 e. The number of ether oxygens (including phenoxy) is 2. The SMILES string of the molecule is CC(CCC1OC(C(C)C2CCC3C4=C(CCC32C)C2(C)CC(OS(=O)(=O)O)C(O)C(C)C2C(OS(=O)(=O)O)C4)CC2CC1(C)OC2(C)C)C1CCC2C3=C(CCC21C)C1(C)CC(OS(=O)(=O)O)C(=O)C(C)C1C(OS(=O)(=O)O)C3. The van der Waals surface area contributed by atoms with E-state index in [0.29, 0.717) is 12.8 Å². The van der Waals surface area contributed by atoms with E-state index in [-0.39, 0.29) is 90.1 Å². The highest BCUT2D eigenvalue weighted by atomic mass is 32.3. The molecule has 0 amide bonds. The Labute approximate surface area is 474 Å². The van der Waals surface area contributed by atoms with Crippen LogP contribution in [0.3, 0.4) is 0 Å². The van der Waals surface area contributed by atoms with Gasteiger partial charge in [-0.2, -0.15) is 33.7 Å². The number of hydrogen-bond donors (Lipinski definition) is 5. The molecule has 5 N–H and O–H groups in total. The second-order valence-electron chi connectivity index (χ2n) is 28.7. The summed E-state index contributed by atoms with van der Waals surface area (Å²) in [6.45, 7) is 23.0. The van der Waals surface area contributed by atoms with Crippen LogP contribution >= 0.6 is 0 Å². The summed E-state index contributed by atoms with van der Waals surface area (Å²) in [5, 5.41) is 11.4. The molecule has 0 aromatic rings. The van der Waals surface area contributed by atoms with E-state index in [1.165, 1.54) is 0 Å². The summed E-state index contributed by atoms with van der Waals surface area (Å²) in [7, 11) is -19.8. The molecule has 0 spiro atoms. The number of carbonyl (C=O) groups excluding carboxylic acids is 1. The minimum Gasteiger partial charge on any atom is -0.390 e. The molecular weight excluding hydrogens is 1120 g/mol. The van der Waals surface area contributed by atoms with E-state index in [1.807, 2.05) is 13.8 Å². The zero-order chi connectivity index (χ0) is 58.8. The van der Waals surface area contributed by atoms with Crippen molar-refractivity contribution in [3.05, 3.63) is 22.3 Å². The van der Waals surface area contributed by atoms with Gasteiger partial charge in [0.1, 0.15) is 12.2 Å². The number of fused-ring (bicyclic) bond motifs is 10. The molecular formula is C56H88O20S4. The molecule has 0 radical (unpaired) electrons. The lowest BCUT2D eigenvalue weighted by atomic mass is 9.47. The monoisotopic (exact) mass is 1210 g/mol. The fourth-order valence-corrected chi connectivity index (χ4v) is 23.1. The molecule has 10 rings (SSSR count). The lowest BCUT2D eigenvalue weighted by Crippen LogP contribution is -2.59. The van der Waals surface area contributed by atoms with Crippen molar-refractivity contribution in [1.82, 2.24) is 0 Å². The van der Waals surface area contributed by atoms with Gasteiger partial charge in [-0.15, -0.1) is 0 Å². The average molecular weight is 1210 g/mol. The molecule has 80 heavy (non-hydrogen) atoms. The molecule has 10 aliphatic rings. The van der Waals surface area contributed by atoms with Crippen molar-refractivity contribution in [3.63, 3.8) is 0 Å². The molecule has 6 fully saturated rings. The number of allylic oxidation sites excluding steroid dienone is 2. The molecule has 20 nitrogen and oxygen atoms in total. The molecule has 2 saturated heterocycles. The van der Waals surface area contributed by atoms with Crippen molar-refractivity contribution in [3.8, 4) is 0 Å². The minimum atomic E-state index is -5.00. The summed E-state index contributed by atoms with van der Waals surface area (Å²) in [5.74, 6) is -2.39. The molecule has 456 valence electrons. The lowest BCUT2D eigenvalue weighted by Gasteiger charge is -2.59. The molecule has 23 unspecified atom stereocenters. The van der Waals surface area contributed by atoms with Gasteiger partial charge in [0.25, 0.3) is 0 Å². The third kappa shape index (κ3) is 10.6. The Bertz CT molecular complexity index is 3020. The van der Waals surface area contributed by atoms with Gasteiger partial charge in [-0.25, -0.2) is 16.7 Å². The van der Waals surface area contributed by atoms with E-state index in [1.54, 1.807) is 13.8 Å². The van der Waals surface area contributed by atoms with Crippen LogP contribution in [0.25, 0.3) is 0 Å². The topological polar surface area (TPSA) is 310 Å². The smallest absolute Gasteiger partial charge is 0.390 e. The summed E-state index contributed by atoms with van der Waals surface area (Å²) >= 11 is 0. The zero-order valence-electron chi connectivity index (χ0n) is 48.2. The van der Waals surface area contributed by atoms with E-state index in [4.69, 9.17) is 26.2 Å². The summed E-state index contributed by atoms with van der Waals surface area (Å²) in [5.41, 5.74) is 1.03. The van der Waals surface area contributed by atoms with E-state index in [2.05, 4.69) is 48.5 Å². The first-order chi connectivity index (χ1) is 36.6. The van der Waals surface area contributed by atoms with Gasteiger partial charge in [-0.1, -0.05) is 77.7 Å². The zero-order valence-corrected chi connectivity index (χ0v) is 51.5. The molecule has 2 heterocycles. The number of rotatable bonds is 14. The maximum absolute atomic E-state index is 13.6. The number of ketones is 1. The first kappa shape index (κ1) is 61.6.